The van der Waals surface area contributed by atoms with Crippen molar-refractivity contribution in [3.05, 3.63) is 23.8 Å². The van der Waals surface area contributed by atoms with Crippen molar-refractivity contribution < 1.29 is 32.3 Å². The molecule has 0 spiro atoms. The maximum Gasteiger partial charge on any atom is -1.00 e. The first-order chi connectivity index (χ1) is 13.1. The van der Waals surface area contributed by atoms with Crippen LogP contribution < -0.4 is 3.30 Å². The number of rotatable bonds is 3. The van der Waals surface area contributed by atoms with E-state index in [1.807, 2.05) is 0 Å². The van der Waals surface area contributed by atoms with Gasteiger partial charge in [-0.15, -0.1) is 0 Å². The van der Waals surface area contributed by atoms with Crippen LogP contribution in [0.5, 0.6) is 0 Å². The van der Waals surface area contributed by atoms with Crippen molar-refractivity contribution in [3.63, 3.8) is 0 Å². The molecule has 28 heavy (non-hydrogen) atoms. The maximum atomic E-state index is 13.7. The molecular formula is C24H44HfNOSi. The Morgan fingerprint density at radius 1 is 1.11 bits per heavy atom. The zero-order valence-corrected chi connectivity index (χ0v) is 23.9. The predicted octanol–water partition coefficient (Wildman–Crippen LogP) is 6.71. The average molecular weight is 569 g/mol. The van der Waals surface area contributed by atoms with Gasteiger partial charge in [0.1, 0.15) is 0 Å². The standard InChI is InChI=1S/C24H43NOSi.Hf.2H/c1-22(2)20(27(5)6)17-11-9-7-8-10-14-18-24(21(25)26,23(22,3)4)19-15-12-13-16-19;;;/h12-13,15,20,27H,7-11,14,16-18H2,1-6H3,(H2,25,26);;;/q;+3;2*-1/p-1. The van der Waals surface area contributed by atoms with Crippen molar-refractivity contribution in [2.75, 3.05) is 0 Å². The molecule has 2 nitrogen and oxygen atoms in total. The van der Waals surface area contributed by atoms with Gasteiger partial charge >= 0.3 is 192 Å². The molecule has 0 aliphatic heterocycles. The van der Waals surface area contributed by atoms with Gasteiger partial charge in [0.15, 0.2) is 0 Å². The fourth-order valence-electron chi connectivity index (χ4n) is 6.29. The van der Waals surface area contributed by atoms with Gasteiger partial charge in [-0.1, -0.05) is 0 Å². The molecule has 0 radical (unpaired) electrons. The molecule has 4 heteroatoms. The monoisotopic (exact) mass is 570 g/mol. The minimum atomic E-state index is -0.859. The Morgan fingerprint density at radius 3 is 2.25 bits per heavy atom. The van der Waals surface area contributed by atoms with Gasteiger partial charge < -0.3 is 2.85 Å². The van der Waals surface area contributed by atoms with E-state index in [9.17, 15) is 4.79 Å². The number of carbonyl (C=O) groups is 1. The van der Waals surface area contributed by atoms with Crippen LogP contribution in [0.4, 0.5) is 0 Å². The molecule has 1 saturated carbocycles. The van der Waals surface area contributed by atoms with Crippen LogP contribution in [-0.2, 0) is 29.5 Å². The Kier molecular flexibility index (Phi) is 8.59. The summed E-state index contributed by atoms with van der Waals surface area (Å²) >= 11 is 0.722. The van der Waals surface area contributed by atoms with Crippen LogP contribution in [0.1, 0.15) is 88.3 Å². The van der Waals surface area contributed by atoms with E-state index in [-0.39, 0.29) is 19.1 Å². The van der Waals surface area contributed by atoms with E-state index >= 15 is 0 Å². The summed E-state index contributed by atoms with van der Waals surface area (Å²) in [6.07, 6.45) is 17.8. The van der Waals surface area contributed by atoms with E-state index in [1.165, 1.54) is 44.1 Å². The third-order valence-electron chi connectivity index (χ3n) is 8.55. The second kappa shape index (κ2) is 9.90. The first kappa shape index (κ1) is 24.3. The molecule has 159 valence electrons. The second-order valence-electron chi connectivity index (χ2n) is 10.5. The van der Waals surface area contributed by atoms with Crippen LogP contribution in [0.15, 0.2) is 23.8 Å². The SMILES string of the molecule is C[SiH](C)C1CCCCCCCCC(C(=O)[NH][Hf+2])(C2=CC=CC2)C(C)(C)C1(C)C.[H-].[H-]. The molecule has 0 saturated heterocycles. The molecule has 1 N–H and O–H groups in total. The average Bonchev–Trinajstić information content (AvgIpc) is 3.16. The molecule has 0 aromatic carbocycles. The zero-order valence-electron chi connectivity index (χ0n) is 21.2. The van der Waals surface area contributed by atoms with Crippen molar-refractivity contribution >= 4 is 14.7 Å². The molecule has 2 rings (SSSR count). The Balaban J connectivity index is 0.00000420. The van der Waals surface area contributed by atoms with E-state index in [4.69, 9.17) is 0 Å². The van der Waals surface area contributed by atoms with Crippen LogP contribution in [-0.4, -0.2) is 14.7 Å². The molecule has 0 aromatic rings. The first-order valence-electron chi connectivity index (χ1n) is 11.5. The number of nitrogens with one attached hydrogen (secondary N) is 1. The Labute approximate surface area is 193 Å². The number of carbonyl (C=O) groups excluding carboxylic acids is 1. The summed E-state index contributed by atoms with van der Waals surface area (Å²) < 4.78 is 3.24. The van der Waals surface area contributed by atoms with Crippen LogP contribution in [0.3, 0.4) is 0 Å². The number of allylic oxidation sites excluding steroid dienone is 3. The number of hydrogen-bond acceptors (Lipinski definition) is 1. The van der Waals surface area contributed by atoms with Gasteiger partial charge in [0, 0.05) is 0 Å². The van der Waals surface area contributed by atoms with Gasteiger partial charge in [0.25, 0.3) is 0 Å². The normalized spacial score (nSPS) is 31.0. The number of hydrogen-bond donors (Lipinski definition) is 1. The predicted molar refractivity (Wildman–Crippen MR) is 122 cm³/mol. The molecule has 2 aliphatic rings. The molecule has 2 atom stereocenters. The quantitative estimate of drug-likeness (QED) is 0.377. The summed E-state index contributed by atoms with van der Waals surface area (Å²) in [4.78, 5) is 13.7. The van der Waals surface area contributed by atoms with E-state index < -0.39 is 8.80 Å². The van der Waals surface area contributed by atoms with Gasteiger partial charge in [-0.05, 0) is 0 Å². The summed E-state index contributed by atoms with van der Waals surface area (Å²) in [6.45, 7) is 14.9. The van der Waals surface area contributed by atoms with Gasteiger partial charge in [-0.25, -0.2) is 0 Å². The smallest absolute Gasteiger partial charge is 1.00 e. The van der Waals surface area contributed by atoms with Gasteiger partial charge in [0.2, 0.25) is 0 Å². The van der Waals surface area contributed by atoms with E-state index in [0.717, 1.165) is 49.5 Å². The summed E-state index contributed by atoms with van der Waals surface area (Å²) in [5, 5.41) is 0. The third-order valence-corrected chi connectivity index (χ3v) is 12.1. The molecule has 0 heterocycles. The van der Waals surface area contributed by atoms with Crippen molar-refractivity contribution in [3.8, 4) is 0 Å². The van der Waals surface area contributed by atoms with Gasteiger partial charge in [0.05, 0.1) is 0 Å². The fourth-order valence-corrected chi connectivity index (χ4v) is 10.0. The van der Waals surface area contributed by atoms with Crippen molar-refractivity contribution in [1.82, 2.24) is 3.30 Å². The largest absolute Gasteiger partial charge is 1.00 e. The Hall–Kier alpha value is 0.0370. The van der Waals surface area contributed by atoms with E-state index in [0.29, 0.717) is 5.91 Å². The summed E-state index contributed by atoms with van der Waals surface area (Å²) in [5.74, 6) is 0.299. The van der Waals surface area contributed by atoms with E-state index in [2.05, 4.69) is 62.3 Å². The molecular weight excluding hydrogens is 525 g/mol. The fraction of sp³-hybridized carbons (Fsp3) is 0.792. The maximum absolute atomic E-state index is 13.7. The van der Waals surface area contributed by atoms with Crippen LogP contribution in [0.25, 0.3) is 0 Å². The summed E-state index contributed by atoms with van der Waals surface area (Å²) in [6, 6.07) is 0. The van der Waals surface area contributed by atoms with E-state index in [1.54, 1.807) is 0 Å². The minimum Gasteiger partial charge on any atom is -1.00 e. The van der Waals surface area contributed by atoms with Crippen LogP contribution in [0.2, 0.25) is 18.6 Å². The summed E-state index contributed by atoms with van der Waals surface area (Å²) in [5.41, 5.74) is 1.78. The topological polar surface area (TPSA) is 29.1 Å². The zero-order chi connectivity index (χ0) is 21.0. The second-order valence-corrected chi connectivity index (χ2v) is 14.7. The Bertz CT molecular complexity index is 618. The van der Waals surface area contributed by atoms with Gasteiger partial charge in [-0.2, -0.15) is 0 Å². The third kappa shape index (κ3) is 4.38. The molecule has 0 bridgehead atoms. The molecule has 2 aliphatic carbocycles. The van der Waals surface area contributed by atoms with Crippen molar-refractivity contribution in [1.29, 1.82) is 0 Å². The Morgan fingerprint density at radius 2 is 1.71 bits per heavy atom. The first-order valence-corrected chi connectivity index (χ1v) is 16.2. The van der Waals surface area contributed by atoms with Crippen molar-refractivity contribution in [2.45, 2.75) is 104 Å². The molecule has 1 fully saturated rings. The molecule has 1 amide bonds. The minimum absolute atomic E-state index is 0. The van der Waals surface area contributed by atoms with Crippen LogP contribution in [0, 0.1) is 16.2 Å². The number of amides is 1. The summed E-state index contributed by atoms with van der Waals surface area (Å²) in [7, 11) is -0.859. The molecule has 0 aromatic heterocycles. The molecule has 2 unspecified atom stereocenters. The van der Waals surface area contributed by atoms with Crippen molar-refractivity contribution in [2.24, 2.45) is 16.2 Å². The van der Waals surface area contributed by atoms with Crippen LogP contribution >= 0.6 is 0 Å². The van der Waals surface area contributed by atoms with Gasteiger partial charge in [-0.3, -0.25) is 0 Å².